The van der Waals surface area contributed by atoms with Crippen molar-refractivity contribution in [2.75, 3.05) is 0 Å². The summed E-state index contributed by atoms with van der Waals surface area (Å²) in [7, 11) is -8.67. The van der Waals surface area contributed by atoms with Gasteiger partial charge in [-0.15, -0.1) is 0 Å². The van der Waals surface area contributed by atoms with Crippen LogP contribution in [0.2, 0.25) is 0 Å². The van der Waals surface area contributed by atoms with Crippen LogP contribution < -0.4 is 0 Å². The molecule has 0 aromatic heterocycles. The summed E-state index contributed by atoms with van der Waals surface area (Å²) < 4.78 is 0. The van der Waals surface area contributed by atoms with Gasteiger partial charge in [-0.25, -0.2) is 0 Å². The van der Waals surface area contributed by atoms with E-state index in [0.717, 1.165) is 0 Å². The average molecular weight is 387 g/mol. The fourth-order valence-electron chi connectivity index (χ4n) is 0. The molecule has 17 heavy (non-hydrogen) atoms. The maximum atomic E-state index is 7.17. The second kappa shape index (κ2) is 26.0. The molecule has 12 nitrogen and oxygen atoms in total. The van der Waals surface area contributed by atoms with Crippen molar-refractivity contribution in [3.8, 4) is 0 Å². The van der Waals surface area contributed by atoms with Crippen molar-refractivity contribution in [2.24, 2.45) is 0 Å². The van der Waals surface area contributed by atoms with Gasteiger partial charge in [0.05, 0.1) is 0 Å². The molecule has 17 heteroatoms. The van der Waals surface area contributed by atoms with Gasteiger partial charge < -0.3 is 63.1 Å². The third-order valence-corrected chi connectivity index (χ3v) is 0. The molecule has 100 valence electrons. The van der Waals surface area contributed by atoms with Crippen LogP contribution in [0.25, 0.3) is 0 Å². The largest absolute Gasteiger partial charge is 2.00 e. The fourth-order valence-corrected chi connectivity index (χ4v) is 0. The van der Waals surface area contributed by atoms with Crippen molar-refractivity contribution in [3.63, 3.8) is 0 Å². The molecule has 0 rings (SSSR count). The van der Waals surface area contributed by atoms with E-state index in [4.69, 9.17) is 60.3 Å². The minimum absolute atomic E-state index is 0. The SMILES string of the molecule is OB(O)O.OB(O)O.OB(O)O.OB(O)O.[Ba+2].[H-].[H-]. The Balaban J connectivity index is -0.0000000192. The summed E-state index contributed by atoms with van der Waals surface area (Å²) in [5.41, 5.74) is 0. The Morgan fingerprint density at radius 1 is 0.353 bits per heavy atom. The Labute approximate surface area is 140 Å². The summed E-state index contributed by atoms with van der Waals surface area (Å²) in [5, 5.41) is 86.0. The first-order valence-electron chi connectivity index (χ1n) is 3.10. The molecule has 0 bridgehead atoms. The zero-order valence-corrected chi connectivity index (χ0v) is 12.8. The van der Waals surface area contributed by atoms with E-state index in [1.165, 1.54) is 0 Å². The van der Waals surface area contributed by atoms with Gasteiger partial charge in [0, 0.05) is 0 Å². The number of hydrogen-bond acceptors (Lipinski definition) is 12. The Morgan fingerprint density at radius 2 is 0.353 bits per heavy atom. The third kappa shape index (κ3) is 2240. The van der Waals surface area contributed by atoms with Gasteiger partial charge in [0.2, 0.25) is 0 Å². The van der Waals surface area contributed by atoms with Gasteiger partial charge in [0.25, 0.3) is 0 Å². The monoisotopic (exact) mass is 388 g/mol. The van der Waals surface area contributed by atoms with Gasteiger partial charge in [-0.1, -0.05) is 0 Å². The van der Waals surface area contributed by atoms with Crippen LogP contribution in [0.3, 0.4) is 0 Å². The zero-order chi connectivity index (χ0) is 14.3. The van der Waals surface area contributed by atoms with E-state index in [1.807, 2.05) is 0 Å². The van der Waals surface area contributed by atoms with Crippen molar-refractivity contribution < 1.29 is 63.1 Å². The van der Waals surface area contributed by atoms with Crippen molar-refractivity contribution in [3.05, 3.63) is 0 Å². The summed E-state index contributed by atoms with van der Waals surface area (Å²) in [6.07, 6.45) is 0. The maximum absolute atomic E-state index is 7.17. The molecule has 0 aliphatic heterocycles. The van der Waals surface area contributed by atoms with Gasteiger partial charge in [0.15, 0.2) is 0 Å². The second-order valence-corrected chi connectivity index (χ2v) is 1.39. The molecule has 0 saturated carbocycles. The minimum Gasteiger partial charge on any atom is -1.00 e. The van der Waals surface area contributed by atoms with Gasteiger partial charge in [-0.3, -0.25) is 0 Å². The van der Waals surface area contributed by atoms with Crippen LogP contribution in [-0.4, -0.2) is 138 Å². The van der Waals surface area contributed by atoms with Crippen LogP contribution in [0.1, 0.15) is 2.85 Å². The van der Waals surface area contributed by atoms with Crippen LogP contribution in [0.5, 0.6) is 0 Å². The van der Waals surface area contributed by atoms with E-state index < -0.39 is 29.3 Å². The molecular formula is H14B4BaO12. The molecule has 0 unspecified atom stereocenters. The van der Waals surface area contributed by atoms with E-state index in [9.17, 15) is 0 Å². The first-order valence-corrected chi connectivity index (χ1v) is 3.10. The molecule has 0 heterocycles. The summed E-state index contributed by atoms with van der Waals surface area (Å²) in [4.78, 5) is 0. The van der Waals surface area contributed by atoms with Crippen LogP contribution in [0, 0.1) is 0 Å². The molecule has 0 amide bonds. The van der Waals surface area contributed by atoms with Crippen LogP contribution in [0.4, 0.5) is 0 Å². The molecule has 0 aromatic rings. The van der Waals surface area contributed by atoms with Crippen LogP contribution in [0.15, 0.2) is 0 Å². The Bertz CT molecular complexity index is 70.7. The van der Waals surface area contributed by atoms with E-state index in [2.05, 4.69) is 0 Å². The molecule has 0 atom stereocenters. The van der Waals surface area contributed by atoms with E-state index >= 15 is 0 Å². The number of hydrogen-bond donors (Lipinski definition) is 12. The molecule has 0 saturated heterocycles. The van der Waals surface area contributed by atoms with E-state index in [1.54, 1.807) is 0 Å². The molecule has 0 fully saturated rings. The van der Waals surface area contributed by atoms with Gasteiger partial charge in [0.1, 0.15) is 0 Å². The first-order chi connectivity index (χ1) is 6.93. The molecule has 12 N–H and O–H groups in total. The quantitative estimate of drug-likeness (QED) is 0.174. The van der Waals surface area contributed by atoms with Crippen molar-refractivity contribution in [1.29, 1.82) is 0 Å². The Hall–Kier alpha value is 1.35. The predicted octanol–water partition coefficient (Wildman–Crippen LogP) is -8.36. The zero-order valence-electron chi connectivity index (χ0n) is 10.4. The molecule has 0 aromatic carbocycles. The van der Waals surface area contributed by atoms with Gasteiger partial charge >= 0.3 is 78.2 Å². The predicted molar refractivity (Wildman–Crippen MR) is 57.6 cm³/mol. The van der Waals surface area contributed by atoms with Crippen molar-refractivity contribution >= 4 is 78.2 Å². The smallest absolute Gasteiger partial charge is 1.00 e. The Kier molecular flexibility index (Phi) is 47.4. The van der Waals surface area contributed by atoms with E-state index in [0.29, 0.717) is 0 Å². The second-order valence-electron chi connectivity index (χ2n) is 1.39. The minimum atomic E-state index is -2.17. The first kappa shape index (κ1) is 31.0. The molecule has 0 spiro atoms. The number of rotatable bonds is 0. The topological polar surface area (TPSA) is 243 Å². The van der Waals surface area contributed by atoms with Crippen LogP contribution >= 0.6 is 0 Å². The van der Waals surface area contributed by atoms with E-state index in [-0.39, 0.29) is 51.7 Å². The molecule has 0 aliphatic carbocycles. The average Bonchev–Trinajstić information content (AvgIpc) is 1.76. The van der Waals surface area contributed by atoms with Crippen molar-refractivity contribution in [1.82, 2.24) is 0 Å². The fraction of sp³-hybridized carbons (Fsp3) is 0. The molecular weight excluding hydrogens is 373 g/mol. The van der Waals surface area contributed by atoms with Gasteiger partial charge in [-0.05, 0) is 0 Å². The van der Waals surface area contributed by atoms with Crippen LogP contribution in [-0.2, 0) is 0 Å². The Morgan fingerprint density at radius 3 is 0.353 bits per heavy atom. The summed E-state index contributed by atoms with van der Waals surface area (Å²) in [5.74, 6) is 0. The normalized spacial score (nSPS) is 6.35. The third-order valence-electron chi connectivity index (χ3n) is 0. The summed E-state index contributed by atoms with van der Waals surface area (Å²) >= 11 is 0. The summed E-state index contributed by atoms with van der Waals surface area (Å²) in [6, 6.07) is 0. The molecule has 0 radical (unpaired) electrons. The molecule has 0 aliphatic rings. The maximum Gasteiger partial charge on any atom is 2.00 e. The summed E-state index contributed by atoms with van der Waals surface area (Å²) in [6.45, 7) is 0. The van der Waals surface area contributed by atoms with Gasteiger partial charge in [-0.2, -0.15) is 0 Å². The van der Waals surface area contributed by atoms with Crippen molar-refractivity contribution in [2.45, 2.75) is 0 Å². The standard InChI is InChI=1S/4BH3O3.Ba.2H/c4*2-1(3)4;;;/h4*2-4H;;;/q;;;;+2;2*-1.